The number of anilines is 2. The van der Waals surface area contributed by atoms with E-state index in [-0.39, 0.29) is 36.6 Å². The van der Waals surface area contributed by atoms with Crippen molar-refractivity contribution >= 4 is 48.1 Å². The van der Waals surface area contributed by atoms with Gasteiger partial charge in [-0.25, -0.2) is 4.98 Å². The predicted octanol–water partition coefficient (Wildman–Crippen LogP) is 4.14. The molecule has 2 heterocycles. The lowest BCUT2D eigenvalue weighted by atomic mass is 9.84. The van der Waals surface area contributed by atoms with Gasteiger partial charge in [-0.3, -0.25) is 9.59 Å². The van der Waals surface area contributed by atoms with E-state index in [2.05, 4.69) is 27.9 Å². The number of benzene rings is 1. The van der Waals surface area contributed by atoms with Crippen molar-refractivity contribution in [3.8, 4) is 0 Å². The number of aromatic nitrogens is 1. The lowest BCUT2D eigenvalue weighted by molar-refractivity contribution is -0.117. The molecule has 0 aliphatic carbocycles. The highest BCUT2D eigenvalue weighted by atomic mass is 35.5. The molecule has 29 heavy (non-hydrogen) atoms. The molecule has 0 spiro atoms. The molecule has 1 aliphatic heterocycles. The highest BCUT2D eigenvalue weighted by Crippen LogP contribution is 2.24. The molecule has 1 aliphatic rings. The number of carbonyl (C=O) groups is 2. The van der Waals surface area contributed by atoms with E-state index in [9.17, 15) is 9.59 Å². The van der Waals surface area contributed by atoms with Crippen molar-refractivity contribution in [2.24, 2.45) is 11.8 Å². The van der Waals surface area contributed by atoms with Crippen molar-refractivity contribution in [1.82, 2.24) is 10.3 Å². The Labute approximate surface area is 184 Å². The Morgan fingerprint density at radius 2 is 1.76 bits per heavy atom. The Morgan fingerprint density at radius 3 is 2.38 bits per heavy atom. The SMILES string of the molecule is CC(CC(=O)Nc1ccc(NC(=O)c2ccccc2)nc1)C1CCNCC1.Cl.Cl. The van der Waals surface area contributed by atoms with Crippen LogP contribution in [0.3, 0.4) is 0 Å². The first kappa shape index (κ1) is 24.9. The van der Waals surface area contributed by atoms with Crippen LogP contribution in [-0.2, 0) is 4.79 Å². The van der Waals surface area contributed by atoms with Gasteiger partial charge in [0.2, 0.25) is 5.91 Å². The number of nitrogens with zero attached hydrogens (tertiary/aromatic N) is 1. The highest BCUT2D eigenvalue weighted by Gasteiger charge is 2.22. The monoisotopic (exact) mass is 438 g/mol. The molecule has 158 valence electrons. The van der Waals surface area contributed by atoms with Crippen LogP contribution < -0.4 is 16.0 Å². The minimum Gasteiger partial charge on any atom is -0.325 e. The minimum atomic E-state index is -0.212. The molecule has 1 atom stereocenters. The Morgan fingerprint density at radius 1 is 1.07 bits per heavy atom. The largest absolute Gasteiger partial charge is 0.325 e. The maximum atomic E-state index is 12.3. The van der Waals surface area contributed by atoms with Crippen molar-refractivity contribution in [3.05, 3.63) is 54.2 Å². The number of hydrogen-bond donors (Lipinski definition) is 3. The maximum absolute atomic E-state index is 12.3. The van der Waals surface area contributed by atoms with Crippen molar-refractivity contribution in [2.45, 2.75) is 26.2 Å². The molecule has 3 N–H and O–H groups in total. The van der Waals surface area contributed by atoms with Crippen molar-refractivity contribution in [3.63, 3.8) is 0 Å². The van der Waals surface area contributed by atoms with E-state index in [1.165, 1.54) is 0 Å². The predicted molar refractivity (Wildman–Crippen MR) is 121 cm³/mol. The van der Waals surface area contributed by atoms with Gasteiger partial charge in [0.15, 0.2) is 0 Å². The summed E-state index contributed by atoms with van der Waals surface area (Å²) in [5.74, 6) is 1.21. The number of amides is 2. The van der Waals surface area contributed by atoms with Crippen LogP contribution in [0.5, 0.6) is 0 Å². The number of nitrogens with one attached hydrogen (secondary N) is 3. The van der Waals surface area contributed by atoms with Crippen LogP contribution in [0.1, 0.15) is 36.5 Å². The number of rotatable bonds is 6. The third-order valence-corrected chi connectivity index (χ3v) is 5.02. The number of halogens is 2. The smallest absolute Gasteiger partial charge is 0.256 e. The van der Waals surface area contributed by atoms with Crippen LogP contribution in [0.2, 0.25) is 0 Å². The fourth-order valence-electron chi connectivity index (χ4n) is 3.40. The quantitative estimate of drug-likeness (QED) is 0.632. The summed E-state index contributed by atoms with van der Waals surface area (Å²) in [6, 6.07) is 12.4. The Hall–Kier alpha value is -2.15. The summed E-state index contributed by atoms with van der Waals surface area (Å²) in [5.41, 5.74) is 1.21. The molecule has 0 radical (unpaired) electrons. The average molecular weight is 439 g/mol. The zero-order valence-corrected chi connectivity index (χ0v) is 18.0. The van der Waals surface area contributed by atoms with Gasteiger partial charge in [0.05, 0.1) is 11.9 Å². The average Bonchev–Trinajstić information content (AvgIpc) is 2.70. The number of pyridine rings is 1. The van der Waals surface area contributed by atoms with E-state index >= 15 is 0 Å². The van der Waals surface area contributed by atoms with Gasteiger partial charge in [-0.05, 0) is 62.0 Å². The van der Waals surface area contributed by atoms with E-state index < -0.39 is 0 Å². The first-order valence-electron chi connectivity index (χ1n) is 9.45. The summed E-state index contributed by atoms with van der Waals surface area (Å²) in [4.78, 5) is 28.6. The zero-order chi connectivity index (χ0) is 19.1. The fourth-order valence-corrected chi connectivity index (χ4v) is 3.40. The molecule has 6 nitrogen and oxygen atoms in total. The van der Waals surface area contributed by atoms with Crippen LogP contribution in [0, 0.1) is 11.8 Å². The first-order chi connectivity index (χ1) is 13.1. The van der Waals surface area contributed by atoms with E-state index in [1.54, 1.807) is 30.5 Å². The van der Waals surface area contributed by atoms with Crippen molar-refractivity contribution in [2.75, 3.05) is 23.7 Å². The normalized spacial score (nSPS) is 14.7. The molecule has 3 rings (SSSR count). The number of piperidine rings is 1. The van der Waals surface area contributed by atoms with Crippen LogP contribution >= 0.6 is 24.8 Å². The van der Waals surface area contributed by atoms with Crippen molar-refractivity contribution < 1.29 is 9.59 Å². The minimum absolute atomic E-state index is 0. The maximum Gasteiger partial charge on any atom is 0.256 e. The summed E-state index contributed by atoms with van der Waals surface area (Å²) in [7, 11) is 0. The van der Waals surface area contributed by atoms with Crippen LogP contribution in [0.25, 0.3) is 0 Å². The molecule has 0 saturated carbocycles. The third kappa shape index (κ3) is 7.65. The van der Waals surface area contributed by atoms with Gasteiger partial charge < -0.3 is 16.0 Å². The molecule has 1 saturated heterocycles. The van der Waals surface area contributed by atoms with Gasteiger partial charge in [0, 0.05) is 12.0 Å². The van der Waals surface area contributed by atoms with Gasteiger partial charge >= 0.3 is 0 Å². The summed E-state index contributed by atoms with van der Waals surface area (Å²) in [6.07, 6.45) is 4.34. The van der Waals surface area contributed by atoms with Crippen molar-refractivity contribution in [1.29, 1.82) is 0 Å². The second kappa shape index (κ2) is 12.4. The molecule has 1 fully saturated rings. The molecule has 1 aromatic heterocycles. The van der Waals surface area contributed by atoms with Gasteiger partial charge in [0.25, 0.3) is 5.91 Å². The highest BCUT2D eigenvalue weighted by molar-refractivity contribution is 6.03. The molecule has 8 heteroatoms. The fraction of sp³-hybridized carbons (Fsp3) is 0.381. The van der Waals surface area contributed by atoms with Gasteiger partial charge in [-0.15, -0.1) is 24.8 Å². The van der Waals surface area contributed by atoms with E-state index in [0.717, 1.165) is 25.9 Å². The summed E-state index contributed by atoms with van der Waals surface area (Å²) < 4.78 is 0. The lowest BCUT2D eigenvalue weighted by Crippen LogP contribution is -2.32. The molecule has 0 bridgehead atoms. The van der Waals surface area contributed by atoms with Crippen LogP contribution in [0.4, 0.5) is 11.5 Å². The summed E-state index contributed by atoms with van der Waals surface area (Å²) in [6.45, 7) is 4.23. The van der Waals surface area contributed by atoms with Crippen LogP contribution in [0.15, 0.2) is 48.7 Å². The van der Waals surface area contributed by atoms with Gasteiger partial charge in [-0.1, -0.05) is 25.1 Å². The molecule has 2 amide bonds. The second-order valence-corrected chi connectivity index (χ2v) is 7.07. The van der Waals surface area contributed by atoms with Gasteiger partial charge in [-0.2, -0.15) is 0 Å². The van der Waals surface area contributed by atoms with E-state index in [1.807, 2.05) is 18.2 Å². The zero-order valence-electron chi connectivity index (χ0n) is 16.4. The number of hydrogen-bond acceptors (Lipinski definition) is 4. The Balaban J connectivity index is 0.00000210. The first-order valence-corrected chi connectivity index (χ1v) is 9.45. The third-order valence-electron chi connectivity index (χ3n) is 5.02. The number of carbonyl (C=O) groups excluding carboxylic acids is 2. The molecule has 2 aromatic rings. The molecule has 1 unspecified atom stereocenters. The standard InChI is InChI=1S/C21H26N4O2.2ClH/c1-15(16-9-11-22-12-10-16)13-20(26)24-18-7-8-19(23-14-18)25-21(27)17-5-3-2-4-6-17;;/h2-8,14-16,22H,9-13H2,1H3,(H,24,26)(H,23,25,27);2*1H. The van der Waals surface area contributed by atoms with Gasteiger partial charge in [0.1, 0.15) is 5.82 Å². The second-order valence-electron chi connectivity index (χ2n) is 7.07. The molecular formula is C21H28Cl2N4O2. The van der Waals surface area contributed by atoms with E-state index in [0.29, 0.717) is 35.3 Å². The summed E-state index contributed by atoms with van der Waals surface area (Å²) in [5, 5.41) is 8.99. The molecule has 1 aromatic carbocycles. The molecular weight excluding hydrogens is 411 g/mol. The topological polar surface area (TPSA) is 83.1 Å². The van der Waals surface area contributed by atoms with E-state index in [4.69, 9.17) is 0 Å². The Kier molecular flexibility index (Phi) is 10.7. The summed E-state index contributed by atoms with van der Waals surface area (Å²) >= 11 is 0. The van der Waals surface area contributed by atoms with Crippen LogP contribution in [-0.4, -0.2) is 29.9 Å². The Bertz CT molecular complexity index is 766. The lowest BCUT2D eigenvalue weighted by Gasteiger charge is -2.27.